The van der Waals surface area contributed by atoms with Gasteiger partial charge in [-0.25, -0.2) is 4.98 Å². The van der Waals surface area contributed by atoms with E-state index in [4.69, 9.17) is 0 Å². The number of rotatable bonds is 2. The van der Waals surface area contributed by atoms with Crippen LogP contribution in [0.4, 0.5) is 11.6 Å². The fourth-order valence-corrected chi connectivity index (χ4v) is 3.83. The molecule has 0 bridgehead atoms. The normalized spacial score (nSPS) is 13.6. The van der Waals surface area contributed by atoms with Crippen LogP contribution in [0.2, 0.25) is 0 Å². The Bertz CT molecular complexity index is 1090. The molecule has 4 rings (SSSR count). The highest BCUT2D eigenvalue weighted by Gasteiger charge is 2.25. The summed E-state index contributed by atoms with van der Waals surface area (Å²) in [7, 11) is 0. The second kappa shape index (κ2) is 6.48. The summed E-state index contributed by atoms with van der Waals surface area (Å²) in [4.78, 5) is 31.0. The first-order chi connectivity index (χ1) is 13.3. The molecule has 6 heteroatoms. The Balaban J connectivity index is 1.68. The third kappa shape index (κ3) is 3.05. The average molecular weight is 376 g/mol. The van der Waals surface area contributed by atoms with E-state index in [1.165, 1.54) is 0 Å². The molecule has 0 saturated carbocycles. The zero-order valence-corrected chi connectivity index (χ0v) is 16.6. The summed E-state index contributed by atoms with van der Waals surface area (Å²) in [6.45, 7) is 8.48. The Morgan fingerprint density at radius 2 is 1.86 bits per heavy atom. The van der Waals surface area contributed by atoms with Crippen molar-refractivity contribution in [2.45, 2.75) is 39.7 Å². The van der Waals surface area contributed by atoms with E-state index in [0.717, 1.165) is 28.7 Å². The van der Waals surface area contributed by atoms with Gasteiger partial charge in [-0.2, -0.15) is 0 Å². The van der Waals surface area contributed by atoms with Gasteiger partial charge >= 0.3 is 0 Å². The van der Waals surface area contributed by atoms with Gasteiger partial charge in [0.2, 0.25) is 11.9 Å². The summed E-state index contributed by atoms with van der Waals surface area (Å²) in [6.07, 6.45) is 0.760. The SMILES string of the molecule is CC(=O)N1CCc2cc(C(=O)Nc3nc4ccccc4n3C(C)(C)C)ccc21. The van der Waals surface area contributed by atoms with Crippen LogP contribution in [-0.2, 0) is 16.8 Å². The van der Waals surface area contributed by atoms with Crippen molar-refractivity contribution in [3.05, 3.63) is 53.6 Å². The molecule has 2 heterocycles. The smallest absolute Gasteiger partial charge is 0.257 e. The highest BCUT2D eigenvalue weighted by Crippen LogP contribution is 2.30. The standard InChI is InChI=1S/C22H24N4O2/c1-14(27)25-12-11-15-13-16(9-10-18(15)25)20(28)24-21-23-17-7-5-6-8-19(17)26(21)22(2,3)4/h5-10,13H,11-12H2,1-4H3,(H,23,24,28). The lowest BCUT2D eigenvalue weighted by Gasteiger charge is -2.24. The number of nitrogens with one attached hydrogen (secondary N) is 1. The zero-order chi connectivity index (χ0) is 20.1. The average Bonchev–Trinajstić information content (AvgIpc) is 3.21. The molecular formula is C22H24N4O2. The van der Waals surface area contributed by atoms with E-state index in [-0.39, 0.29) is 17.4 Å². The number of amides is 2. The van der Waals surface area contributed by atoms with Crippen molar-refractivity contribution in [3.8, 4) is 0 Å². The van der Waals surface area contributed by atoms with Crippen LogP contribution in [0.1, 0.15) is 43.6 Å². The van der Waals surface area contributed by atoms with Gasteiger partial charge in [0.05, 0.1) is 11.0 Å². The first kappa shape index (κ1) is 18.2. The Labute approximate surface area is 164 Å². The van der Waals surface area contributed by atoms with E-state index < -0.39 is 0 Å². The van der Waals surface area contributed by atoms with Gasteiger partial charge < -0.3 is 9.47 Å². The number of nitrogens with zero attached hydrogens (tertiary/aromatic N) is 3. The number of carbonyl (C=O) groups is 2. The number of imidazole rings is 1. The number of carbonyl (C=O) groups excluding carboxylic acids is 2. The first-order valence-corrected chi connectivity index (χ1v) is 9.46. The molecule has 144 valence electrons. The van der Waals surface area contributed by atoms with E-state index in [9.17, 15) is 9.59 Å². The molecule has 28 heavy (non-hydrogen) atoms. The maximum absolute atomic E-state index is 12.9. The van der Waals surface area contributed by atoms with Crippen LogP contribution in [0.15, 0.2) is 42.5 Å². The van der Waals surface area contributed by atoms with Crippen molar-refractivity contribution < 1.29 is 9.59 Å². The number of aromatic nitrogens is 2. The largest absolute Gasteiger partial charge is 0.312 e. The van der Waals surface area contributed by atoms with E-state index in [2.05, 4.69) is 31.1 Å². The van der Waals surface area contributed by atoms with E-state index in [1.54, 1.807) is 17.9 Å². The van der Waals surface area contributed by atoms with Crippen LogP contribution in [-0.4, -0.2) is 27.9 Å². The van der Waals surface area contributed by atoms with Crippen molar-refractivity contribution in [3.63, 3.8) is 0 Å². The molecule has 0 radical (unpaired) electrons. The highest BCUT2D eigenvalue weighted by atomic mass is 16.2. The predicted octanol–water partition coefficient (Wildman–Crippen LogP) is 3.95. The lowest BCUT2D eigenvalue weighted by molar-refractivity contribution is -0.116. The van der Waals surface area contributed by atoms with Gasteiger partial charge in [-0.15, -0.1) is 0 Å². The summed E-state index contributed by atoms with van der Waals surface area (Å²) < 4.78 is 2.05. The molecule has 1 aliphatic heterocycles. The first-order valence-electron chi connectivity index (χ1n) is 9.46. The molecule has 3 aromatic rings. The molecule has 1 N–H and O–H groups in total. The van der Waals surface area contributed by atoms with Crippen LogP contribution < -0.4 is 10.2 Å². The monoisotopic (exact) mass is 376 g/mol. The number of benzene rings is 2. The van der Waals surface area contributed by atoms with Crippen LogP contribution in [0, 0.1) is 0 Å². The van der Waals surface area contributed by atoms with Gasteiger partial charge in [0.25, 0.3) is 5.91 Å². The van der Waals surface area contributed by atoms with Gasteiger partial charge in [-0.05, 0) is 63.1 Å². The maximum atomic E-state index is 12.9. The molecule has 0 unspecified atom stereocenters. The van der Waals surface area contributed by atoms with Crippen LogP contribution in [0.25, 0.3) is 11.0 Å². The summed E-state index contributed by atoms with van der Waals surface area (Å²) in [5.74, 6) is 0.351. The lowest BCUT2D eigenvalue weighted by Crippen LogP contribution is -2.26. The molecule has 1 aliphatic rings. The summed E-state index contributed by atoms with van der Waals surface area (Å²) in [5.41, 5.74) is 4.07. The fraction of sp³-hybridized carbons (Fsp3) is 0.318. The Kier molecular flexibility index (Phi) is 4.22. The Hall–Kier alpha value is -3.15. The summed E-state index contributed by atoms with van der Waals surface area (Å²) >= 11 is 0. The summed E-state index contributed by atoms with van der Waals surface area (Å²) in [5, 5.41) is 2.98. The van der Waals surface area contributed by atoms with Crippen molar-refractivity contribution in [2.75, 3.05) is 16.8 Å². The van der Waals surface area contributed by atoms with Gasteiger partial charge in [-0.1, -0.05) is 12.1 Å². The molecule has 2 amide bonds. The van der Waals surface area contributed by atoms with Crippen LogP contribution in [0.5, 0.6) is 0 Å². The topological polar surface area (TPSA) is 67.2 Å². The molecule has 0 saturated heterocycles. The van der Waals surface area contributed by atoms with Gasteiger partial charge in [0.15, 0.2) is 0 Å². The van der Waals surface area contributed by atoms with Crippen molar-refractivity contribution >= 4 is 34.5 Å². The second-order valence-electron chi connectivity index (χ2n) is 8.15. The summed E-state index contributed by atoms with van der Waals surface area (Å²) in [6, 6.07) is 13.4. The van der Waals surface area contributed by atoms with Crippen molar-refractivity contribution in [1.82, 2.24) is 9.55 Å². The molecule has 0 aliphatic carbocycles. The maximum Gasteiger partial charge on any atom is 0.257 e. The van der Waals surface area contributed by atoms with Gasteiger partial charge in [0, 0.05) is 30.3 Å². The van der Waals surface area contributed by atoms with Crippen molar-refractivity contribution in [2.24, 2.45) is 0 Å². The van der Waals surface area contributed by atoms with Crippen molar-refractivity contribution in [1.29, 1.82) is 0 Å². The number of fused-ring (bicyclic) bond motifs is 2. The van der Waals surface area contributed by atoms with E-state index in [1.807, 2.05) is 41.0 Å². The quantitative estimate of drug-likeness (QED) is 0.736. The molecule has 0 atom stereocenters. The fourth-order valence-electron chi connectivity index (χ4n) is 3.83. The molecular weight excluding hydrogens is 352 g/mol. The third-order valence-corrected chi connectivity index (χ3v) is 5.07. The van der Waals surface area contributed by atoms with Crippen LogP contribution in [0.3, 0.4) is 0 Å². The number of para-hydroxylation sites is 2. The number of anilines is 2. The zero-order valence-electron chi connectivity index (χ0n) is 16.6. The highest BCUT2D eigenvalue weighted by molar-refractivity contribution is 6.05. The number of hydrogen-bond acceptors (Lipinski definition) is 3. The minimum atomic E-state index is -0.237. The molecule has 0 fully saturated rings. The lowest BCUT2D eigenvalue weighted by atomic mass is 10.1. The Morgan fingerprint density at radius 1 is 1.11 bits per heavy atom. The number of hydrogen-bond donors (Lipinski definition) is 1. The molecule has 6 nitrogen and oxygen atoms in total. The molecule has 1 aromatic heterocycles. The predicted molar refractivity (Wildman–Crippen MR) is 111 cm³/mol. The van der Waals surface area contributed by atoms with E-state index >= 15 is 0 Å². The minimum Gasteiger partial charge on any atom is -0.312 e. The third-order valence-electron chi connectivity index (χ3n) is 5.07. The van der Waals surface area contributed by atoms with E-state index in [0.29, 0.717) is 18.1 Å². The minimum absolute atomic E-state index is 0.0230. The van der Waals surface area contributed by atoms with Crippen LogP contribution >= 0.6 is 0 Å². The second-order valence-corrected chi connectivity index (χ2v) is 8.15. The Morgan fingerprint density at radius 3 is 2.57 bits per heavy atom. The molecule has 0 spiro atoms. The van der Waals surface area contributed by atoms with Gasteiger partial charge in [0.1, 0.15) is 0 Å². The van der Waals surface area contributed by atoms with Gasteiger partial charge in [-0.3, -0.25) is 14.9 Å². The molecule has 2 aromatic carbocycles.